The van der Waals surface area contributed by atoms with Crippen LogP contribution in [0.1, 0.15) is 4.88 Å². The monoisotopic (exact) mass is 317 g/mol. The van der Waals surface area contributed by atoms with E-state index in [0.717, 1.165) is 21.7 Å². The van der Waals surface area contributed by atoms with Crippen LogP contribution in [0.25, 0.3) is 10.2 Å². The fraction of sp³-hybridized carbons (Fsp3) is 0.143. The Kier molecular flexibility index (Phi) is 3.96. The zero-order chi connectivity index (χ0) is 14.8. The number of aromatic nitrogens is 2. The van der Waals surface area contributed by atoms with Gasteiger partial charge in [-0.2, -0.15) is 4.98 Å². The maximum Gasteiger partial charge on any atom is 0.240 e. The zero-order valence-corrected chi connectivity index (χ0v) is 13.3. The molecule has 0 atom stereocenters. The fourth-order valence-electron chi connectivity index (χ4n) is 2.08. The third kappa shape index (κ3) is 2.80. The van der Waals surface area contributed by atoms with E-state index in [0.29, 0.717) is 5.95 Å². The molecule has 0 saturated heterocycles. The van der Waals surface area contributed by atoms with E-state index < -0.39 is 0 Å². The Morgan fingerprint density at radius 3 is 2.81 bits per heavy atom. The quantitative estimate of drug-likeness (QED) is 0.386. The largest absolute Gasteiger partial charge is 0.339 e. The van der Waals surface area contributed by atoms with Crippen molar-refractivity contribution in [3.63, 3.8) is 0 Å². The maximum absolute atomic E-state index is 5.46. The number of nitrogens with one attached hydrogen (secondary N) is 2. The molecule has 0 saturated carbocycles. The van der Waals surface area contributed by atoms with Gasteiger partial charge in [-0.3, -0.25) is 5.43 Å². The molecular weight excluding hydrogens is 302 g/mol. The number of nitrogens with two attached hydrogens (primary N) is 1. The molecule has 0 amide bonds. The molecule has 0 aliphatic carbocycles. The van der Waals surface area contributed by atoms with Gasteiger partial charge in [-0.05, 0) is 31.4 Å². The van der Waals surface area contributed by atoms with Crippen molar-refractivity contribution >= 4 is 50.8 Å². The summed E-state index contributed by atoms with van der Waals surface area (Å²) in [5, 5.41) is 4.40. The summed E-state index contributed by atoms with van der Waals surface area (Å²) in [6, 6.07) is 10.2. The van der Waals surface area contributed by atoms with Crippen molar-refractivity contribution in [1.82, 2.24) is 9.97 Å². The van der Waals surface area contributed by atoms with Crippen LogP contribution >= 0.6 is 23.1 Å². The molecule has 0 fully saturated rings. The Labute approximate surface area is 131 Å². The summed E-state index contributed by atoms with van der Waals surface area (Å²) in [6.45, 7) is 2.06. The minimum Gasteiger partial charge on any atom is -0.339 e. The van der Waals surface area contributed by atoms with E-state index in [-0.39, 0.29) is 0 Å². The van der Waals surface area contributed by atoms with Gasteiger partial charge in [0.25, 0.3) is 0 Å². The molecule has 4 N–H and O–H groups in total. The van der Waals surface area contributed by atoms with E-state index in [1.54, 1.807) is 23.1 Å². The van der Waals surface area contributed by atoms with Gasteiger partial charge in [0.1, 0.15) is 10.6 Å². The molecule has 5 nitrogen and oxygen atoms in total. The molecule has 21 heavy (non-hydrogen) atoms. The summed E-state index contributed by atoms with van der Waals surface area (Å²) in [5.41, 5.74) is 3.55. The summed E-state index contributed by atoms with van der Waals surface area (Å²) >= 11 is 3.32. The lowest BCUT2D eigenvalue weighted by Gasteiger charge is -2.11. The van der Waals surface area contributed by atoms with Crippen molar-refractivity contribution in [3.8, 4) is 0 Å². The first-order valence-electron chi connectivity index (χ1n) is 6.36. The first-order chi connectivity index (χ1) is 10.2. The number of hydrazine groups is 1. The highest BCUT2D eigenvalue weighted by atomic mass is 32.2. The van der Waals surface area contributed by atoms with Gasteiger partial charge in [0, 0.05) is 9.77 Å². The van der Waals surface area contributed by atoms with E-state index in [1.165, 1.54) is 9.77 Å². The van der Waals surface area contributed by atoms with Crippen molar-refractivity contribution in [2.45, 2.75) is 11.8 Å². The molecule has 108 valence electrons. The number of nitrogen functional groups attached to an aromatic ring is 1. The van der Waals surface area contributed by atoms with Gasteiger partial charge < -0.3 is 5.32 Å². The van der Waals surface area contributed by atoms with Gasteiger partial charge in [-0.15, -0.1) is 23.1 Å². The highest BCUT2D eigenvalue weighted by Gasteiger charge is 2.11. The van der Waals surface area contributed by atoms with Crippen molar-refractivity contribution in [2.24, 2.45) is 5.84 Å². The Morgan fingerprint density at radius 2 is 2.05 bits per heavy atom. The number of thioether (sulfide) groups is 1. The predicted octanol–water partition coefficient (Wildman–Crippen LogP) is 3.75. The van der Waals surface area contributed by atoms with Crippen molar-refractivity contribution in [1.29, 1.82) is 0 Å². The van der Waals surface area contributed by atoms with Crippen molar-refractivity contribution < 1.29 is 0 Å². The molecule has 0 unspecified atom stereocenters. The highest BCUT2D eigenvalue weighted by molar-refractivity contribution is 7.98. The highest BCUT2D eigenvalue weighted by Crippen LogP contribution is 2.33. The minimum atomic E-state index is 0.411. The first kappa shape index (κ1) is 14.1. The number of anilines is 3. The molecule has 3 rings (SSSR count). The summed E-state index contributed by atoms with van der Waals surface area (Å²) in [4.78, 5) is 12.1. The van der Waals surface area contributed by atoms with Crippen LogP contribution in [0.3, 0.4) is 0 Å². The molecule has 0 radical (unpaired) electrons. The molecule has 0 bridgehead atoms. The van der Waals surface area contributed by atoms with Crippen LogP contribution < -0.4 is 16.6 Å². The molecule has 2 heterocycles. The Hall–Kier alpha value is -1.83. The Bertz CT molecular complexity index is 784. The zero-order valence-electron chi connectivity index (χ0n) is 11.7. The van der Waals surface area contributed by atoms with E-state index >= 15 is 0 Å². The molecule has 7 heteroatoms. The summed E-state index contributed by atoms with van der Waals surface area (Å²) < 4.78 is 0. The van der Waals surface area contributed by atoms with E-state index in [2.05, 4.69) is 46.0 Å². The number of para-hydroxylation sites is 1. The van der Waals surface area contributed by atoms with Crippen LogP contribution in [-0.2, 0) is 0 Å². The predicted molar refractivity (Wildman–Crippen MR) is 91.5 cm³/mol. The SMILES string of the molecule is CSc1ccccc1Nc1nc(NN)nc2sc(C)cc12. The summed E-state index contributed by atoms with van der Waals surface area (Å²) in [6.07, 6.45) is 2.05. The molecule has 0 spiro atoms. The number of benzene rings is 1. The van der Waals surface area contributed by atoms with Crippen molar-refractivity contribution in [3.05, 3.63) is 35.2 Å². The van der Waals surface area contributed by atoms with Gasteiger partial charge in [-0.25, -0.2) is 10.8 Å². The topological polar surface area (TPSA) is 75.9 Å². The van der Waals surface area contributed by atoms with E-state index in [4.69, 9.17) is 5.84 Å². The summed E-state index contributed by atoms with van der Waals surface area (Å²) in [5.74, 6) is 6.64. The average Bonchev–Trinajstić information content (AvgIpc) is 2.88. The lowest BCUT2D eigenvalue weighted by molar-refractivity contribution is 1.16. The second kappa shape index (κ2) is 5.88. The van der Waals surface area contributed by atoms with E-state index in [9.17, 15) is 0 Å². The van der Waals surface area contributed by atoms with Gasteiger partial charge >= 0.3 is 0 Å². The number of hydrogen-bond donors (Lipinski definition) is 3. The molecule has 0 aliphatic heterocycles. The van der Waals surface area contributed by atoms with Crippen LogP contribution in [0, 0.1) is 6.92 Å². The van der Waals surface area contributed by atoms with E-state index in [1.807, 2.05) is 18.2 Å². The molecule has 1 aromatic carbocycles. The smallest absolute Gasteiger partial charge is 0.240 e. The maximum atomic E-state index is 5.46. The van der Waals surface area contributed by atoms with Crippen LogP contribution in [0.15, 0.2) is 35.2 Å². The van der Waals surface area contributed by atoms with Crippen LogP contribution in [0.2, 0.25) is 0 Å². The molecule has 2 aromatic heterocycles. The molecule has 3 aromatic rings. The lowest BCUT2D eigenvalue weighted by atomic mass is 10.3. The number of thiophene rings is 1. The average molecular weight is 317 g/mol. The first-order valence-corrected chi connectivity index (χ1v) is 8.40. The standard InChI is InChI=1S/C14H15N5S2/c1-8-7-9-12(17-14(19-15)18-13(9)21-8)16-10-5-3-4-6-11(10)20-2/h3-7H,15H2,1-2H3,(H2,16,17,18,19). The second-order valence-electron chi connectivity index (χ2n) is 4.44. The van der Waals surface area contributed by atoms with Gasteiger partial charge in [0.15, 0.2) is 0 Å². The normalized spacial score (nSPS) is 10.8. The number of hydrogen-bond acceptors (Lipinski definition) is 7. The Morgan fingerprint density at radius 1 is 1.24 bits per heavy atom. The van der Waals surface area contributed by atoms with Crippen LogP contribution in [0.4, 0.5) is 17.5 Å². The van der Waals surface area contributed by atoms with Crippen LogP contribution in [-0.4, -0.2) is 16.2 Å². The molecule has 0 aliphatic rings. The second-order valence-corrected chi connectivity index (χ2v) is 6.52. The lowest BCUT2D eigenvalue weighted by Crippen LogP contribution is -2.11. The number of fused-ring (bicyclic) bond motifs is 1. The summed E-state index contributed by atoms with van der Waals surface area (Å²) in [7, 11) is 0. The van der Waals surface area contributed by atoms with Gasteiger partial charge in [0.2, 0.25) is 5.95 Å². The number of aryl methyl sites for hydroxylation is 1. The van der Waals surface area contributed by atoms with Crippen LogP contribution in [0.5, 0.6) is 0 Å². The van der Waals surface area contributed by atoms with Crippen molar-refractivity contribution in [2.75, 3.05) is 17.0 Å². The van der Waals surface area contributed by atoms with Gasteiger partial charge in [-0.1, -0.05) is 12.1 Å². The Balaban J connectivity index is 2.10. The molecular formula is C14H15N5S2. The number of rotatable bonds is 4. The fourth-order valence-corrected chi connectivity index (χ4v) is 3.51. The third-order valence-corrected chi connectivity index (χ3v) is 4.75. The minimum absolute atomic E-state index is 0.411. The van der Waals surface area contributed by atoms with Gasteiger partial charge in [0.05, 0.1) is 11.1 Å². The third-order valence-electron chi connectivity index (χ3n) is 3.01. The number of nitrogens with zero attached hydrogens (tertiary/aromatic N) is 2.